The van der Waals surface area contributed by atoms with Gasteiger partial charge in [0.05, 0.1) is 0 Å². The average molecular weight is 427 g/mol. The van der Waals surface area contributed by atoms with Crippen molar-refractivity contribution in [2.45, 2.75) is 52.4 Å². The Hall–Kier alpha value is -0.480. The molecule has 0 atom stereocenters. The highest BCUT2D eigenvalue weighted by Gasteiger charge is 2.20. The minimum absolute atomic E-state index is 0. The van der Waals surface area contributed by atoms with E-state index in [0.717, 1.165) is 0 Å². The van der Waals surface area contributed by atoms with Gasteiger partial charge in [0.25, 0.3) is 0 Å². The first-order chi connectivity index (χ1) is 9.66. The van der Waals surface area contributed by atoms with Gasteiger partial charge in [-0.3, -0.25) is 0 Å². The van der Waals surface area contributed by atoms with E-state index >= 15 is 0 Å². The van der Waals surface area contributed by atoms with Crippen molar-refractivity contribution in [3.8, 4) is 0 Å². The molecule has 0 saturated carbocycles. The molecule has 0 aliphatic rings. The maximum atomic E-state index is 2.31. The van der Waals surface area contributed by atoms with Crippen molar-refractivity contribution in [3.05, 3.63) is 66.8 Å². The van der Waals surface area contributed by atoms with Crippen molar-refractivity contribution in [1.82, 2.24) is 0 Å². The lowest BCUT2D eigenvalue weighted by atomic mass is 9.87. The average Bonchev–Trinajstić information content (AvgIpc) is 2.38. The normalized spacial score (nSPS) is 11.9. The van der Waals surface area contributed by atoms with Gasteiger partial charge in [0.2, 0.25) is 0 Å². The molecule has 0 bridgehead atoms. The molecular formula is C20H28IS+. The number of hydrogen-bond acceptors (Lipinski definition) is 0. The third-order valence-corrected chi connectivity index (χ3v) is 6.32. The van der Waals surface area contributed by atoms with Gasteiger partial charge in [-0.05, 0) is 46.2 Å². The molecule has 2 aromatic carbocycles. The zero-order valence-corrected chi connectivity index (χ0v) is 17.7. The highest BCUT2D eigenvalue weighted by atomic mass is 127. The van der Waals surface area contributed by atoms with Crippen molar-refractivity contribution >= 4 is 13.5 Å². The van der Waals surface area contributed by atoms with Crippen LogP contribution in [0.4, 0.5) is 0 Å². The lowest BCUT2D eigenvalue weighted by molar-refractivity contribution is -0.597. The molecule has 22 heavy (non-hydrogen) atoms. The van der Waals surface area contributed by atoms with E-state index in [4.69, 9.17) is 0 Å². The number of halogens is 1. The summed E-state index contributed by atoms with van der Waals surface area (Å²) >= 11 is -0.0703. The molecule has 0 saturated heterocycles. The lowest BCUT2D eigenvalue weighted by Gasteiger charge is -2.18. The summed E-state index contributed by atoms with van der Waals surface area (Å²) in [5.74, 6) is 0. The molecule has 0 unspecified atom stereocenters. The van der Waals surface area contributed by atoms with Crippen molar-refractivity contribution in [1.29, 1.82) is 0 Å². The molecule has 2 heteroatoms. The number of benzene rings is 2. The van der Waals surface area contributed by atoms with E-state index in [0.29, 0.717) is 0 Å². The van der Waals surface area contributed by atoms with Crippen LogP contribution in [0.5, 0.6) is 0 Å². The molecule has 0 nitrogen and oxygen atoms in total. The van der Waals surface area contributed by atoms with Crippen LogP contribution in [-0.4, -0.2) is 0 Å². The van der Waals surface area contributed by atoms with Gasteiger partial charge in [-0.1, -0.05) is 65.8 Å². The van der Waals surface area contributed by atoms with E-state index in [-0.39, 0.29) is 45.5 Å². The zero-order chi connectivity index (χ0) is 15.7. The van der Waals surface area contributed by atoms with E-state index in [9.17, 15) is 0 Å². The number of rotatable bonds is 2. The molecule has 0 spiro atoms. The molecule has 0 aliphatic heterocycles. The Morgan fingerprint density at radius 1 is 0.545 bits per heavy atom. The van der Waals surface area contributed by atoms with Crippen LogP contribution in [0.25, 0.3) is 0 Å². The summed E-state index contributed by atoms with van der Waals surface area (Å²) in [6, 6.07) is 18.4. The summed E-state index contributed by atoms with van der Waals surface area (Å²) in [6.07, 6.45) is 0. The molecule has 0 radical (unpaired) electrons. The maximum absolute atomic E-state index is 2.31. The molecule has 0 N–H and O–H groups in total. The molecule has 0 heterocycles. The first-order valence-corrected chi connectivity index (χ1v) is 9.68. The minimum Gasteiger partial charge on any atom is -0.197 e. The predicted molar refractivity (Wildman–Crippen MR) is 98.1 cm³/mol. The Morgan fingerprint density at radius 3 is 1.05 bits per heavy atom. The van der Waals surface area contributed by atoms with Gasteiger partial charge < -0.3 is 0 Å². The fraction of sp³-hybridized carbons (Fsp3) is 0.400. The van der Waals surface area contributed by atoms with Crippen LogP contribution in [-0.2, 0) is 10.8 Å². The Morgan fingerprint density at radius 2 is 0.818 bits per heavy atom. The molecule has 2 aromatic rings. The zero-order valence-electron chi connectivity index (χ0n) is 14.5. The fourth-order valence-corrected chi connectivity index (χ4v) is 4.31. The highest BCUT2D eigenvalue weighted by Crippen LogP contribution is 2.21. The molecule has 0 aliphatic carbocycles. The summed E-state index contributed by atoms with van der Waals surface area (Å²) in [6.45, 7) is 13.6. The summed E-state index contributed by atoms with van der Waals surface area (Å²) in [7, 11) is 0. The summed E-state index contributed by atoms with van der Waals surface area (Å²) in [5.41, 5.74) is 3.31. The van der Waals surface area contributed by atoms with Gasteiger partial charge in [-0.25, -0.2) is 0 Å². The molecule has 0 fully saturated rings. The largest absolute Gasteiger partial charge is 0.357 e. The van der Waals surface area contributed by atoms with E-state index < -0.39 is 0 Å². The summed E-state index contributed by atoms with van der Waals surface area (Å²) in [4.78, 5) is 0. The Bertz CT molecular complexity index is 528. The second kappa shape index (κ2) is 7.39. The third-order valence-electron chi connectivity index (χ3n) is 3.64. The van der Waals surface area contributed by atoms with E-state index in [2.05, 4.69) is 90.1 Å². The van der Waals surface area contributed by atoms with E-state index in [1.807, 2.05) is 0 Å². The van der Waals surface area contributed by atoms with Crippen LogP contribution in [0.1, 0.15) is 52.7 Å². The van der Waals surface area contributed by atoms with E-state index in [1.165, 1.54) is 18.3 Å². The van der Waals surface area contributed by atoms with Gasteiger partial charge in [-0.2, -0.15) is 13.5 Å². The first kappa shape index (κ1) is 19.6. The van der Waals surface area contributed by atoms with Gasteiger partial charge in [0.1, 0.15) is 0 Å². The Kier molecular flexibility index (Phi) is 6.58. The Balaban J connectivity index is 0.00000242. The van der Waals surface area contributed by atoms with Crippen molar-refractivity contribution in [2.75, 3.05) is 0 Å². The van der Waals surface area contributed by atoms with E-state index in [1.54, 1.807) is 0 Å². The third kappa shape index (κ3) is 5.31. The van der Waals surface area contributed by atoms with Gasteiger partial charge in [0.15, 0.2) is 7.14 Å². The maximum Gasteiger partial charge on any atom is 0.357 e. The van der Waals surface area contributed by atoms with Crippen LogP contribution in [0.2, 0.25) is 0 Å². The Labute approximate surface area is 153 Å². The minimum atomic E-state index is -0.0703. The fourth-order valence-electron chi connectivity index (χ4n) is 2.15. The topological polar surface area (TPSA) is 0 Å². The van der Waals surface area contributed by atoms with Gasteiger partial charge in [-0.15, -0.1) is 0 Å². The van der Waals surface area contributed by atoms with Crippen LogP contribution in [0.15, 0.2) is 48.5 Å². The molecule has 120 valence electrons. The van der Waals surface area contributed by atoms with Crippen LogP contribution >= 0.6 is 13.5 Å². The standard InChI is InChI=1S/C20H26I.H2S/c1-19(2,3)15-7-11-17(12-8-15)21-18-13-9-16(10-14-18)20(4,5)6;/h7-14H,1-6H3;1H2/q+1;. The van der Waals surface area contributed by atoms with Crippen molar-refractivity contribution in [3.63, 3.8) is 0 Å². The molecule has 0 aromatic heterocycles. The predicted octanol–water partition coefficient (Wildman–Crippen LogP) is 2.52. The van der Waals surface area contributed by atoms with Gasteiger partial charge in [0, 0.05) is 0 Å². The molecule has 0 amide bonds. The van der Waals surface area contributed by atoms with Crippen molar-refractivity contribution in [2.24, 2.45) is 0 Å². The molecular weight excluding hydrogens is 399 g/mol. The van der Waals surface area contributed by atoms with Crippen LogP contribution in [0, 0.1) is 7.14 Å². The quantitative estimate of drug-likeness (QED) is 0.647. The monoisotopic (exact) mass is 427 g/mol. The smallest absolute Gasteiger partial charge is 0.197 e. The summed E-state index contributed by atoms with van der Waals surface area (Å²) < 4.78 is 2.98. The van der Waals surface area contributed by atoms with Crippen LogP contribution in [0.3, 0.4) is 0 Å². The first-order valence-electron chi connectivity index (χ1n) is 7.52. The second-order valence-electron chi connectivity index (χ2n) is 7.61. The SMILES string of the molecule is CC(C)(C)c1ccc([I+]c2ccc(C(C)(C)C)cc2)cc1.S. The lowest BCUT2D eigenvalue weighted by Crippen LogP contribution is -3.61. The van der Waals surface area contributed by atoms with Crippen LogP contribution < -0.4 is 21.2 Å². The second-order valence-corrected chi connectivity index (χ2v) is 10.6. The molecule has 2 rings (SSSR count). The highest BCUT2D eigenvalue weighted by molar-refractivity contribution is 7.59. The van der Waals surface area contributed by atoms with Gasteiger partial charge >= 0.3 is 21.2 Å². The van der Waals surface area contributed by atoms with Crippen molar-refractivity contribution < 1.29 is 21.2 Å². The summed E-state index contributed by atoms with van der Waals surface area (Å²) in [5, 5.41) is 0. The number of hydrogen-bond donors (Lipinski definition) is 0.